The number of aryl methyl sites for hydroxylation is 1. The summed E-state index contributed by atoms with van der Waals surface area (Å²) in [5, 5.41) is 4.63. The molecule has 0 N–H and O–H groups in total. The van der Waals surface area contributed by atoms with Crippen LogP contribution in [0, 0.1) is 0 Å². The summed E-state index contributed by atoms with van der Waals surface area (Å²) in [6.45, 7) is 3.37. The third-order valence-corrected chi connectivity index (χ3v) is 4.42. The van der Waals surface area contributed by atoms with Gasteiger partial charge in [-0.05, 0) is 36.6 Å². The number of halogens is 1. The molecule has 0 aliphatic carbocycles. The Kier molecular flexibility index (Phi) is 5.30. The van der Waals surface area contributed by atoms with E-state index in [1.807, 2.05) is 42.2 Å². The van der Waals surface area contributed by atoms with E-state index in [9.17, 15) is 4.79 Å². The smallest absolute Gasteiger partial charge is 0.246 e. The third-order valence-electron chi connectivity index (χ3n) is 4.17. The third kappa shape index (κ3) is 4.03. The summed E-state index contributed by atoms with van der Waals surface area (Å²) in [4.78, 5) is 18.7. The van der Waals surface area contributed by atoms with Gasteiger partial charge in [0.2, 0.25) is 11.8 Å². The standard InChI is InChI=1S/C18H20ClN3O2/c1-2-16-20-18(24-21-16)14-4-3-11-22(12-14)17(23)10-7-13-5-8-15(19)9-6-13/h5-10,14H,2-4,11-12H2,1H3/b10-7+/t14-/m0/s1. The van der Waals surface area contributed by atoms with Gasteiger partial charge in [-0.3, -0.25) is 4.79 Å². The quantitative estimate of drug-likeness (QED) is 0.793. The number of carbonyl (C=O) groups excluding carboxylic acids is 1. The summed E-state index contributed by atoms with van der Waals surface area (Å²) >= 11 is 5.86. The van der Waals surface area contributed by atoms with Gasteiger partial charge >= 0.3 is 0 Å². The summed E-state index contributed by atoms with van der Waals surface area (Å²) in [6.07, 6.45) is 6.08. The van der Waals surface area contributed by atoms with Gasteiger partial charge < -0.3 is 9.42 Å². The first-order chi connectivity index (χ1) is 11.7. The Morgan fingerprint density at radius 1 is 1.42 bits per heavy atom. The molecule has 0 bridgehead atoms. The van der Waals surface area contributed by atoms with Crippen molar-refractivity contribution in [1.29, 1.82) is 0 Å². The molecular formula is C18H20ClN3O2. The van der Waals surface area contributed by atoms with Gasteiger partial charge in [0.15, 0.2) is 5.82 Å². The van der Waals surface area contributed by atoms with E-state index in [0.29, 0.717) is 17.5 Å². The molecule has 1 atom stereocenters. The zero-order chi connectivity index (χ0) is 16.9. The summed E-state index contributed by atoms with van der Waals surface area (Å²) in [7, 11) is 0. The number of aromatic nitrogens is 2. The fraction of sp³-hybridized carbons (Fsp3) is 0.389. The second-order valence-electron chi connectivity index (χ2n) is 5.91. The molecule has 0 spiro atoms. The van der Waals surface area contributed by atoms with Crippen LogP contribution in [0.25, 0.3) is 6.08 Å². The van der Waals surface area contributed by atoms with Crippen LogP contribution in [-0.4, -0.2) is 34.0 Å². The lowest BCUT2D eigenvalue weighted by molar-refractivity contribution is -0.127. The van der Waals surface area contributed by atoms with Crippen molar-refractivity contribution in [2.24, 2.45) is 0 Å². The number of hydrogen-bond donors (Lipinski definition) is 0. The average Bonchev–Trinajstić information content (AvgIpc) is 3.10. The number of amides is 1. The number of piperidine rings is 1. The molecule has 1 aromatic heterocycles. The highest BCUT2D eigenvalue weighted by Crippen LogP contribution is 2.26. The Morgan fingerprint density at radius 2 is 2.21 bits per heavy atom. The zero-order valence-electron chi connectivity index (χ0n) is 13.6. The first-order valence-corrected chi connectivity index (χ1v) is 8.58. The molecular weight excluding hydrogens is 326 g/mol. The Bertz CT molecular complexity index is 724. The van der Waals surface area contributed by atoms with Crippen LogP contribution in [0.15, 0.2) is 34.9 Å². The van der Waals surface area contributed by atoms with Gasteiger partial charge in [0, 0.05) is 30.6 Å². The second-order valence-corrected chi connectivity index (χ2v) is 6.35. The normalized spacial score (nSPS) is 18.2. The van der Waals surface area contributed by atoms with E-state index in [2.05, 4.69) is 10.1 Å². The molecule has 3 rings (SSSR count). The number of hydrogen-bond acceptors (Lipinski definition) is 4. The molecule has 2 aromatic rings. The number of nitrogens with zero attached hydrogens (tertiary/aromatic N) is 3. The largest absolute Gasteiger partial charge is 0.339 e. The van der Waals surface area contributed by atoms with E-state index in [0.717, 1.165) is 37.2 Å². The minimum absolute atomic E-state index is 0.00452. The molecule has 126 valence electrons. The van der Waals surface area contributed by atoms with E-state index >= 15 is 0 Å². The van der Waals surface area contributed by atoms with Crippen LogP contribution in [0.5, 0.6) is 0 Å². The lowest BCUT2D eigenvalue weighted by atomic mass is 9.98. The van der Waals surface area contributed by atoms with E-state index in [-0.39, 0.29) is 11.8 Å². The van der Waals surface area contributed by atoms with Gasteiger partial charge in [-0.15, -0.1) is 0 Å². The van der Waals surface area contributed by atoms with Crippen LogP contribution in [0.1, 0.15) is 43.0 Å². The minimum atomic E-state index is 0.00452. The van der Waals surface area contributed by atoms with Crippen molar-refractivity contribution in [3.05, 3.63) is 52.6 Å². The van der Waals surface area contributed by atoms with Crippen molar-refractivity contribution in [2.75, 3.05) is 13.1 Å². The molecule has 1 saturated heterocycles. The van der Waals surface area contributed by atoms with Crippen LogP contribution >= 0.6 is 11.6 Å². The second kappa shape index (κ2) is 7.62. The summed E-state index contributed by atoms with van der Waals surface area (Å²) in [6, 6.07) is 7.39. The van der Waals surface area contributed by atoms with Crippen LogP contribution < -0.4 is 0 Å². The Balaban J connectivity index is 1.63. The Hall–Kier alpha value is -2.14. The average molecular weight is 346 g/mol. The molecule has 5 nitrogen and oxygen atoms in total. The molecule has 1 fully saturated rings. The predicted octanol–water partition coefficient (Wildman–Crippen LogP) is 3.70. The molecule has 1 aliphatic rings. The molecule has 6 heteroatoms. The lowest BCUT2D eigenvalue weighted by Crippen LogP contribution is -2.38. The molecule has 1 amide bonds. The molecule has 24 heavy (non-hydrogen) atoms. The summed E-state index contributed by atoms with van der Waals surface area (Å²) in [5.74, 6) is 1.49. The van der Waals surface area contributed by atoms with Crippen LogP contribution in [0.4, 0.5) is 0 Å². The maximum absolute atomic E-state index is 12.4. The van der Waals surface area contributed by atoms with Crippen LogP contribution in [0.2, 0.25) is 5.02 Å². The maximum atomic E-state index is 12.4. The van der Waals surface area contributed by atoms with Crippen molar-refractivity contribution in [3.8, 4) is 0 Å². The summed E-state index contributed by atoms with van der Waals surface area (Å²) in [5.41, 5.74) is 0.950. The van der Waals surface area contributed by atoms with Gasteiger partial charge in [0.1, 0.15) is 0 Å². The Morgan fingerprint density at radius 3 is 2.92 bits per heavy atom. The van der Waals surface area contributed by atoms with Crippen molar-refractivity contribution in [2.45, 2.75) is 32.1 Å². The van der Waals surface area contributed by atoms with Gasteiger partial charge in [-0.25, -0.2) is 0 Å². The van der Waals surface area contributed by atoms with Crippen molar-refractivity contribution < 1.29 is 9.32 Å². The zero-order valence-corrected chi connectivity index (χ0v) is 14.4. The number of likely N-dealkylation sites (tertiary alicyclic amines) is 1. The predicted molar refractivity (Wildman–Crippen MR) is 92.7 cm³/mol. The van der Waals surface area contributed by atoms with E-state index in [4.69, 9.17) is 16.1 Å². The molecule has 2 heterocycles. The molecule has 0 radical (unpaired) electrons. The monoisotopic (exact) mass is 345 g/mol. The van der Waals surface area contributed by atoms with Gasteiger partial charge in [0.05, 0.1) is 5.92 Å². The first kappa shape index (κ1) is 16.7. The van der Waals surface area contributed by atoms with Crippen molar-refractivity contribution in [1.82, 2.24) is 15.0 Å². The van der Waals surface area contributed by atoms with Crippen molar-refractivity contribution >= 4 is 23.6 Å². The minimum Gasteiger partial charge on any atom is -0.339 e. The highest BCUT2D eigenvalue weighted by molar-refractivity contribution is 6.30. The highest BCUT2D eigenvalue weighted by Gasteiger charge is 2.27. The highest BCUT2D eigenvalue weighted by atomic mass is 35.5. The van der Waals surface area contributed by atoms with E-state index in [1.165, 1.54) is 0 Å². The molecule has 0 saturated carbocycles. The first-order valence-electron chi connectivity index (χ1n) is 8.20. The maximum Gasteiger partial charge on any atom is 0.246 e. The molecule has 1 aliphatic heterocycles. The fourth-order valence-corrected chi connectivity index (χ4v) is 2.93. The van der Waals surface area contributed by atoms with Gasteiger partial charge in [-0.1, -0.05) is 35.8 Å². The fourth-order valence-electron chi connectivity index (χ4n) is 2.80. The SMILES string of the molecule is CCc1noc([C@H]2CCCN(C(=O)/C=C/c3ccc(Cl)cc3)C2)n1. The van der Waals surface area contributed by atoms with E-state index < -0.39 is 0 Å². The van der Waals surface area contributed by atoms with E-state index in [1.54, 1.807) is 6.08 Å². The van der Waals surface area contributed by atoms with Gasteiger partial charge in [-0.2, -0.15) is 4.98 Å². The lowest BCUT2D eigenvalue weighted by Gasteiger charge is -2.30. The van der Waals surface area contributed by atoms with Crippen LogP contribution in [-0.2, 0) is 11.2 Å². The molecule has 1 aromatic carbocycles. The summed E-state index contributed by atoms with van der Waals surface area (Å²) < 4.78 is 5.33. The topological polar surface area (TPSA) is 59.2 Å². The number of carbonyl (C=O) groups is 1. The van der Waals surface area contributed by atoms with Gasteiger partial charge in [0.25, 0.3) is 0 Å². The Labute approximate surface area is 146 Å². The number of benzene rings is 1. The number of rotatable bonds is 4. The van der Waals surface area contributed by atoms with Crippen LogP contribution in [0.3, 0.4) is 0 Å². The molecule has 0 unspecified atom stereocenters. The van der Waals surface area contributed by atoms with Crippen molar-refractivity contribution in [3.63, 3.8) is 0 Å².